The van der Waals surface area contributed by atoms with Crippen LogP contribution in [-0.4, -0.2) is 91.5 Å². The Morgan fingerprint density at radius 1 is 1.07 bits per heavy atom. The van der Waals surface area contributed by atoms with Crippen molar-refractivity contribution in [1.29, 1.82) is 0 Å². The fraction of sp³-hybridized carbons (Fsp3) is 0.679. The van der Waals surface area contributed by atoms with Crippen molar-refractivity contribution in [3.63, 3.8) is 0 Å². The second-order valence-corrected chi connectivity index (χ2v) is 14.4. The van der Waals surface area contributed by atoms with Gasteiger partial charge in [0, 0.05) is 18.9 Å². The summed E-state index contributed by atoms with van der Waals surface area (Å²) in [5, 5.41) is 10.3. The number of aliphatic hydroxyl groups excluding tert-OH is 1. The molecule has 1 aromatic rings. The fourth-order valence-electron chi connectivity index (χ4n) is 4.74. The molecule has 1 aromatic carbocycles. The Balaban J connectivity index is 2.33. The van der Waals surface area contributed by atoms with Crippen molar-refractivity contribution in [2.75, 3.05) is 20.2 Å². The van der Waals surface area contributed by atoms with E-state index in [1.165, 1.54) is 21.0 Å². The first kappa shape index (κ1) is 37.2. The van der Waals surface area contributed by atoms with E-state index in [1.807, 2.05) is 0 Å². The summed E-state index contributed by atoms with van der Waals surface area (Å²) in [6, 6.07) is 4.77. The van der Waals surface area contributed by atoms with Crippen molar-refractivity contribution in [1.82, 2.24) is 10.2 Å². The molecule has 0 unspecified atom stereocenters. The smallest absolute Gasteiger partial charge is 0.410 e. The van der Waals surface area contributed by atoms with Crippen LogP contribution in [0.5, 0.6) is 5.75 Å². The number of nitrogens with one attached hydrogen (secondary N) is 1. The third-order valence-corrected chi connectivity index (χ3v) is 9.21. The number of methoxy groups -OCH3 is 1. The first-order valence-electron chi connectivity index (χ1n) is 13.8. The van der Waals surface area contributed by atoms with E-state index >= 15 is 0 Å². The molecule has 0 bridgehead atoms. The SMILES string of the molecule is COc1ccc(CS(=O)(=O)[C@@H]2C[C@@H](C(=O)C[C@@H](C(C)C)[C@@H](O)C(F)(F)C(=O)NCC(F)(F)F)N(C(=O)OC(C)(C)C)C2)cc1. The van der Waals surface area contributed by atoms with Crippen LogP contribution in [0.15, 0.2) is 24.3 Å². The van der Waals surface area contributed by atoms with E-state index in [0.717, 1.165) is 10.2 Å². The molecule has 1 heterocycles. The standard InChI is InChI=1S/C28H39F5N2O8S/c1-16(2)20(23(37)28(32,33)24(38)34-15-27(29,30)31)12-22(36)21-11-19(13-35(21)25(39)43-26(3,4)5)44(40,41)14-17-7-9-18(42-6)10-8-17/h7-10,16,19-21,23,37H,11-15H2,1-6H3,(H,34,38)/t19-,20+,21+,23-/m1/s1. The van der Waals surface area contributed by atoms with Gasteiger partial charge in [-0.25, -0.2) is 13.2 Å². The molecule has 2 rings (SSSR count). The van der Waals surface area contributed by atoms with E-state index in [1.54, 1.807) is 45.0 Å². The van der Waals surface area contributed by atoms with E-state index in [-0.39, 0.29) is 6.42 Å². The molecular weight excluding hydrogens is 619 g/mol. The lowest BCUT2D eigenvalue weighted by Crippen LogP contribution is -2.54. The van der Waals surface area contributed by atoms with Crippen molar-refractivity contribution >= 4 is 27.6 Å². The van der Waals surface area contributed by atoms with E-state index in [0.29, 0.717) is 11.3 Å². The zero-order valence-corrected chi connectivity index (χ0v) is 26.1. The Hall–Kier alpha value is -3.01. The minimum atomic E-state index is -4.98. The quantitative estimate of drug-likeness (QED) is 0.323. The third-order valence-electron chi connectivity index (χ3n) is 7.12. The maximum atomic E-state index is 14.8. The summed E-state index contributed by atoms with van der Waals surface area (Å²) in [4.78, 5) is 39.4. The summed E-state index contributed by atoms with van der Waals surface area (Å²) in [5.74, 6) is -10.4. The van der Waals surface area contributed by atoms with Crippen LogP contribution in [0.3, 0.4) is 0 Å². The van der Waals surface area contributed by atoms with Crippen molar-refractivity contribution in [2.45, 2.75) is 88.3 Å². The molecule has 250 valence electrons. The molecule has 0 spiro atoms. The number of hydrogen-bond acceptors (Lipinski definition) is 8. The van der Waals surface area contributed by atoms with Gasteiger partial charge in [0.2, 0.25) is 0 Å². The number of amides is 2. The van der Waals surface area contributed by atoms with Crippen LogP contribution < -0.4 is 10.1 Å². The number of carbonyl (C=O) groups is 3. The monoisotopic (exact) mass is 658 g/mol. The summed E-state index contributed by atoms with van der Waals surface area (Å²) in [5.41, 5.74) is -0.619. The van der Waals surface area contributed by atoms with Crippen LogP contribution in [-0.2, 0) is 29.9 Å². The molecule has 0 radical (unpaired) electrons. The first-order valence-corrected chi connectivity index (χ1v) is 15.5. The van der Waals surface area contributed by atoms with Gasteiger partial charge < -0.3 is 19.9 Å². The second-order valence-electron chi connectivity index (χ2n) is 12.1. The molecule has 0 aliphatic carbocycles. The molecule has 2 N–H and O–H groups in total. The summed E-state index contributed by atoms with van der Waals surface area (Å²) >= 11 is 0. The zero-order chi connectivity index (χ0) is 33.8. The summed E-state index contributed by atoms with van der Waals surface area (Å²) < 4.78 is 104. The number of benzene rings is 1. The number of carbonyl (C=O) groups excluding carboxylic acids is 3. The summed E-state index contributed by atoms with van der Waals surface area (Å²) in [6.45, 7) is 4.86. The van der Waals surface area contributed by atoms with Gasteiger partial charge in [-0.3, -0.25) is 14.5 Å². The Morgan fingerprint density at radius 2 is 1.64 bits per heavy atom. The average molecular weight is 659 g/mol. The highest BCUT2D eigenvalue weighted by Crippen LogP contribution is 2.35. The predicted molar refractivity (Wildman–Crippen MR) is 149 cm³/mol. The Kier molecular flexibility index (Phi) is 11.8. The number of ketones is 1. The predicted octanol–water partition coefficient (Wildman–Crippen LogP) is 3.89. The van der Waals surface area contributed by atoms with Gasteiger partial charge >= 0.3 is 18.2 Å². The minimum absolute atomic E-state index is 0.389. The molecule has 1 fully saturated rings. The summed E-state index contributed by atoms with van der Waals surface area (Å²) in [6.07, 6.45) is -10.1. The number of ether oxygens (including phenoxy) is 2. The Labute approximate surface area is 253 Å². The highest BCUT2D eigenvalue weighted by Gasteiger charge is 2.53. The second kappa shape index (κ2) is 14.0. The van der Waals surface area contributed by atoms with E-state index in [2.05, 4.69) is 0 Å². The molecule has 4 atom stereocenters. The zero-order valence-electron chi connectivity index (χ0n) is 25.3. The largest absolute Gasteiger partial charge is 0.497 e. The highest BCUT2D eigenvalue weighted by atomic mass is 32.2. The van der Waals surface area contributed by atoms with E-state index in [9.17, 15) is 49.9 Å². The van der Waals surface area contributed by atoms with Gasteiger partial charge in [-0.2, -0.15) is 22.0 Å². The molecule has 1 aliphatic rings. The number of alkyl halides is 5. The third kappa shape index (κ3) is 10.0. The number of aliphatic hydroxyl groups is 1. The van der Waals surface area contributed by atoms with Crippen LogP contribution in [0.1, 0.15) is 53.0 Å². The van der Waals surface area contributed by atoms with Gasteiger partial charge in [0.05, 0.1) is 24.2 Å². The fourth-order valence-corrected chi connectivity index (χ4v) is 6.49. The van der Waals surface area contributed by atoms with Crippen LogP contribution >= 0.6 is 0 Å². The van der Waals surface area contributed by atoms with Crippen LogP contribution in [0, 0.1) is 11.8 Å². The van der Waals surface area contributed by atoms with E-state index < -0.39 is 99.8 Å². The van der Waals surface area contributed by atoms with Crippen LogP contribution in [0.4, 0.5) is 26.7 Å². The molecule has 2 amide bonds. The van der Waals surface area contributed by atoms with Crippen LogP contribution in [0.2, 0.25) is 0 Å². The van der Waals surface area contributed by atoms with Crippen molar-refractivity contribution in [3.8, 4) is 5.75 Å². The number of Topliss-reactive ketones (excluding diaryl/α,β-unsaturated/α-hetero) is 1. The molecule has 0 aromatic heterocycles. The molecule has 44 heavy (non-hydrogen) atoms. The minimum Gasteiger partial charge on any atom is -0.497 e. The van der Waals surface area contributed by atoms with Crippen LogP contribution in [0.25, 0.3) is 0 Å². The van der Waals surface area contributed by atoms with Gasteiger partial charge in [-0.05, 0) is 50.8 Å². The number of nitrogens with zero attached hydrogens (tertiary/aromatic N) is 1. The van der Waals surface area contributed by atoms with E-state index in [4.69, 9.17) is 9.47 Å². The molecule has 16 heteroatoms. The molecule has 0 saturated carbocycles. The van der Waals surface area contributed by atoms with Gasteiger partial charge in [0.1, 0.15) is 24.0 Å². The molecule has 10 nitrogen and oxygen atoms in total. The van der Waals surface area contributed by atoms with Gasteiger partial charge in [0.25, 0.3) is 5.91 Å². The molecule has 1 saturated heterocycles. The van der Waals surface area contributed by atoms with Gasteiger partial charge in [-0.15, -0.1) is 0 Å². The van der Waals surface area contributed by atoms with Crippen molar-refractivity contribution in [2.24, 2.45) is 11.8 Å². The maximum absolute atomic E-state index is 14.8. The lowest BCUT2D eigenvalue weighted by molar-refractivity contribution is -0.178. The normalized spacial score (nSPS) is 19.4. The molecule has 1 aliphatic heterocycles. The Bertz CT molecular complexity index is 1280. The number of rotatable bonds is 12. The number of sulfone groups is 1. The lowest BCUT2D eigenvalue weighted by Gasteiger charge is -2.33. The first-order chi connectivity index (χ1) is 20.0. The number of likely N-dealkylation sites (tertiary alicyclic amines) is 1. The summed E-state index contributed by atoms with van der Waals surface area (Å²) in [7, 11) is -2.54. The van der Waals surface area contributed by atoms with Crippen molar-refractivity contribution < 1.29 is 59.3 Å². The number of halogens is 5. The maximum Gasteiger partial charge on any atom is 0.410 e. The van der Waals surface area contributed by atoms with Gasteiger partial charge in [0.15, 0.2) is 15.6 Å². The Morgan fingerprint density at radius 3 is 2.11 bits per heavy atom. The average Bonchev–Trinajstić information content (AvgIpc) is 3.35. The van der Waals surface area contributed by atoms with Gasteiger partial charge in [-0.1, -0.05) is 26.0 Å². The lowest BCUT2D eigenvalue weighted by atomic mass is 9.81. The molecular formula is C28H39F5N2O8S. The highest BCUT2D eigenvalue weighted by molar-refractivity contribution is 7.91. The number of hydrogen-bond donors (Lipinski definition) is 2. The topological polar surface area (TPSA) is 139 Å². The van der Waals surface area contributed by atoms with Crippen molar-refractivity contribution in [3.05, 3.63) is 29.8 Å².